The molecule has 0 bridgehead atoms. The van der Waals surface area contributed by atoms with Crippen LogP contribution in [-0.4, -0.2) is 16.1 Å². The van der Waals surface area contributed by atoms with E-state index in [1.165, 1.54) is 24.3 Å². The zero-order valence-electron chi connectivity index (χ0n) is 12.1. The number of nitrogens with zero attached hydrogens (tertiary/aromatic N) is 1. The van der Waals surface area contributed by atoms with Crippen molar-refractivity contribution in [1.82, 2.24) is 0 Å². The molecule has 0 atom stereocenters. The van der Waals surface area contributed by atoms with E-state index in [0.29, 0.717) is 11.3 Å². The van der Waals surface area contributed by atoms with E-state index in [4.69, 9.17) is 5.26 Å². The number of allylic oxidation sites excluding steroid dienone is 2. The Morgan fingerprint density at radius 1 is 1.09 bits per heavy atom. The second kappa shape index (κ2) is 7.48. The van der Waals surface area contributed by atoms with Gasteiger partial charge in [-0.3, -0.25) is 4.79 Å². The third-order valence-corrected chi connectivity index (χ3v) is 2.95. The summed E-state index contributed by atoms with van der Waals surface area (Å²) < 4.78 is 0. The minimum Gasteiger partial charge on any atom is -0.504 e. The van der Waals surface area contributed by atoms with Crippen LogP contribution in [0.25, 0.3) is 6.08 Å². The summed E-state index contributed by atoms with van der Waals surface area (Å²) in [6.07, 6.45) is 4.50. The van der Waals surface area contributed by atoms with Crippen molar-refractivity contribution in [2.45, 2.75) is 0 Å². The standard InChI is InChI=1S/C18H14N2O3/c19-12-14(18(23)20-15-7-2-1-3-8-15)6-4-5-13-9-10-16(21)17(22)11-13/h1-11,21-22H,(H,20,23)/b5-4+,14-6+. The van der Waals surface area contributed by atoms with Crippen LogP contribution in [0.3, 0.4) is 0 Å². The molecule has 0 unspecified atom stereocenters. The molecule has 2 aromatic carbocycles. The number of nitriles is 1. The molecule has 1 amide bonds. The van der Waals surface area contributed by atoms with Gasteiger partial charge >= 0.3 is 0 Å². The van der Waals surface area contributed by atoms with Gasteiger partial charge in [0, 0.05) is 5.69 Å². The van der Waals surface area contributed by atoms with E-state index >= 15 is 0 Å². The first-order chi connectivity index (χ1) is 11.1. The van der Waals surface area contributed by atoms with E-state index in [1.54, 1.807) is 36.4 Å². The summed E-state index contributed by atoms with van der Waals surface area (Å²) in [5.41, 5.74) is 1.18. The van der Waals surface area contributed by atoms with Gasteiger partial charge in [0.25, 0.3) is 5.91 Å². The molecule has 0 aromatic heterocycles. The molecule has 0 saturated carbocycles. The summed E-state index contributed by atoms with van der Waals surface area (Å²) >= 11 is 0. The van der Waals surface area contributed by atoms with Crippen LogP contribution in [0.4, 0.5) is 5.69 Å². The van der Waals surface area contributed by atoms with Gasteiger partial charge in [-0.2, -0.15) is 5.26 Å². The Morgan fingerprint density at radius 3 is 2.48 bits per heavy atom. The normalized spacial score (nSPS) is 11.2. The number of carbonyl (C=O) groups excluding carboxylic acids is 1. The number of carbonyl (C=O) groups is 1. The van der Waals surface area contributed by atoms with Gasteiger partial charge in [-0.25, -0.2) is 0 Å². The van der Waals surface area contributed by atoms with Gasteiger partial charge in [0.2, 0.25) is 0 Å². The third-order valence-electron chi connectivity index (χ3n) is 2.95. The first-order valence-corrected chi connectivity index (χ1v) is 6.77. The Morgan fingerprint density at radius 2 is 1.83 bits per heavy atom. The molecule has 114 valence electrons. The molecule has 0 spiro atoms. The van der Waals surface area contributed by atoms with Gasteiger partial charge in [-0.1, -0.05) is 36.4 Å². The average Bonchev–Trinajstić information content (AvgIpc) is 2.55. The number of amides is 1. The van der Waals surface area contributed by atoms with E-state index in [-0.39, 0.29) is 17.1 Å². The molecule has 0 fully saturated rings. The Balaban J connectivity index is 2.09. The maximum absolute atomic E-state index is 12.0. The van der Waals surface area contributed by atoms with Gasteiger partial charge < -0.3 is 15.5 Å². The summed E-state index contributed by atoms with van der Waals surface area (Å²) in [6, 6.07) is 15.0. The summed E-state index contributed by atoms with van der Waals surface area (Å²) in [4.78, 5) is 12.0. The first kappa shape index (κ1) is 15.9. The van der Waals surface area contributed by atoms with Gasteiger partial charge in [-0.05, 0) is 35.9 Å². The predicted molar refractivity (Wildman–Crippen MR) is 87.6 cm³/mol. The summed E-state index contributed by atoms with van der Waals surface area (Å²) in [5, 5.41) is 30.3. The number of nitrogens with one attached hydrogen (secondary N) is 1. The lowest BCUT2D eigenvalue weighted by molar-refractivity contribution is -0.112. The minimum absolute atomic E-state index is 0.0481. The molecular formula is C18H14N2O3. The van der Waals surface area contributed by atoms with E-state index < -0.39 is 5.91 Å². The van der Waals surface area contributed by atoms with Gasteiger partial charge in [0.1, 0.15) is 11.6 Å². The summed E-state index contributed by atoms with van der Waals surface area (Å²) in [6.45, 7) is 0. The molecule has 3 N–H and O–H groups in total. The molecule has 2 rings (SSSR count). The van der Waals surface area contributed by atoms with Gasteiger partial charge in [0.05, 0.1) is 0 Å². The largest absolute Gasteiger partial charge is 0.504 e. The number of anilines is 1. The number of phenols is 2. The number of para-hydroxylation sites is 1. The van der Waals surface area contributed by atoms with Crippen LogP contribution in [0.1, 0.15) is 5.56 Å². The molecule has 2 aromatic rings. The molecule has 0 aliphatic carbocycles. The Labute approximate surface area is 133 Å². The van der Waals surface area contributed by atoms with Crippen LogP contribution in [0.5, 0.6) is 11.5 Å². The van der Waals surface area contributed by atoms with Crippen molar-refractivity contribution < 1.29 is 15.0 Å². The van der Waals surface area contributed by atoms with Crippen molar-refractivity contribution in [3.05, 3.63) is 71.8 Å². The molecule has 0 aliphatic heterocycles. The van der Waals surface area contributed by atoms with Crippen LogP contribution in [0.2, 0.25) is 0 Å². The maximum Gasteiger partial charge on any atom is 0.266 e. The molecule has 5 nitrogen and oxygen atoms in total. The highest BCUT2D eigenvalue weighted by atomic mass is 16.3. The quantitative estimate of drug-likeness (QED) is 0.350. The van der Waals surface area contributed by atoms with Crippen LogP contribution < -0.4 is 5.32 Å². The number of rotatable bonds is 4. The van der Waals surface area contributed by atoms with Crippen LogP contribution >= 0.6 is 0 Å². The smallest absolute Gasteiger partial charge is 0.266 e. The van der Waals surface area contributed by atoms with Crippen molar-refractivity contribution in [2.24, 2.45) is 0 Å². The highest BCUT2D eigenvalue weighted by molar-refractivity contribution is 6.06. The molecule has 0 radical (unpaired) electrons. The van der Waals surface area contributed by atoms with Crippen molar-refractivity contribution in [1.29, 1.82) is 5.26 Å². The van der Waals surface area contributed by atoms with E-state index in [0.717, 1.165) is 0 Å². The fraction of sp³-hybridized carbons (Fsp3) is 0. The molecule has 0 aliphatic rings. The molecule has 23 heavy (non-hydrogen) atoms. The SMILES string of the molecule is N#C/C(=C\C=C\c1ccc(O)c(O)c1)C(=O)Nc1ccccc1. The van der Waals surface area contributed by atoms with Gasteiger partial charge in [0.15, 0.2) is 11.5 Å². The fourth-order valence-corrected chi connectivity index (χ4v) is 1.78. The Bertz CT molecular complexity index is 803. The number of hydrogen-bond acceptors (Lipinski definition) is 4. The van der Waals surface area contributed by atoms with Crippen molar-refractivity contribution in [2.75, 3.05) is 5.32 Å². The lowest BCUT2D eigenvalue weighted by atomic mass is 10.1. The van der Waals surface area contributed by atoms with Gasteiger partial charge in [-0.15, -0.1) is 0 Å². The third kappa shape index (κ3) is 4.48. The van der Waals surface area contributed by atoms with Crippen LogP contribution in [-0.2, 0) is 4.79 Å². The number of benzene rings is 2. The predicted octanol–water partition coefficient (Wildman–Crippen LogP) is 3.20. The zero-order chi connectivity index (χ0) is 16.7. The second-order valence-electron chi connectivity index (χ2n) is 4.62. The second-order valence-corrected chi connectivity index (χ2v) is 4.62. The summed E-state index contributed by atoms with van der Waals surface area (Å²) in [7, 11) is 0. The average molecular weight is 306 g/mol. The molecular weight excluding hydrogens is 292 g/mol. The lowest BCUT2D eigenvalue weighted by Gasteiger charge is -2.02. The van der Waals surface area contributed by atoms with E-state index in [9.17, 15) is 15.0 Å². The molecule has 0 heterocycles. The zero-order valence-corrected chi connectivity index (χ0v) is 12.1. The fourth-order valence-electron chi connectivity index (χ4n) is 1.78. The topological polar surface area (TPSA) is 93.3 Å². The summed E-state index contributed by atoms with van der Waals surface area (Å²) in [5.74, 6) is -0.951. The minimum atomic E-state index is -0.503. The van der Waals surface area contributed by atoms with Crippen molar-refractivity contribution in [3.63, 3.8) is 0 Å². The number of hydrogen-bond donors (Lipinski definition) is 3. The Kier molecular flexibility index (Phi) is 5.16. The Hall–Kier alpha value is -3.52. The monoisotopic (exact) mass is 306 g/mol. The molecule has 5 heteroatoms. The highest BCUT2D eigenvalue weighted by Gasteiger charge is 2.07. The first-order valence-electron chi connectivity index (χ1n) is 6.77. The number of phenolic OH excluding ortho intramolecular Hbond substituents is 2. The number of aromatic hydroxyl groups is 2. The van der Waals surface area contributed by atoms with E-state index in [2.05, 4.69) is 5.32 Å². The van der Waals surface area contributed by atoms with Crippen LogP contribution in [0, 0.1) is 11.3 Å². The van der Waals surface area contributed by atoms with Crippen molar-refractivity contribution in [3.8, 4) is 17.6 Å². The maximum atomic E-state index is 12.0. The molecule has 0 saturated heterocycles. The van der Waals surface area contributed by atoms with Crippen LogP contribution in [0.15, 0.2) is 66.3 Å². The lowest BCUT2D eigenvalue weighted by Crippen LogP contribution is -2.13. The highest BCUT2D eigenvalue weighted by Crippen LogP contribution is 2.25. The van der Waals surface area contributed by atoms with E-state index in [1.807, 2.05) is 12.1 Å². The van der Waals surface area contributed by atoms with Crippen molar-refractivity contribution >= 4 is 17.7 Å².